The van der Waals surface area contributed by atoms with Gasteiger partial charge in [-0.25, -0.2) is 5.01 Å². The molecule has 6 heteroatoms. The van der Waals surface area contributed by atoms with Crippen LogP contribution in [0.3, 0.4) is 0 Å². The van der Waals surface area contributed by atoms with Crippen molar-refractivity contribution in [2.45, 2.75) is 31.7 Å². The minimum Gasteiger partial charge on any atom is -0.303 e. The van der Waals surface area contributed by atoms with Crippen LogP contribution in [0.1, 0.15) is 42.9 Å². The van der Waals surface area contributed by atoms with Crippen molar-refractivity contribution < 1.29 is 4.79 Å². The van der Waals surface area contributed by atoms with E-state index in [1.807, 2.05) is 0 Å². The SMILES string of the molecule is O=C(CCN1CCCC1)N1N=C(c2ccsc2)CC1c1ccsc1. The van der Waals surface area contributed by atoms with E-state index >= 15 is 0 Å². The lowest BCUT2D eigenvalue weighted by molar-refractivity contribution is -0.133. The van der Waals surface area contributed by atoms with Gasteiger partial charge in [0.25, 0.3) is 0 Å². The van der Waals surface area contributed by atoms with Crippen LogP contribution in [0.25, 0.3) is 0 Å². The molecule has 0 N–H and O–H groups in total. The second-order valence-corrected chi connectivity index (χ2v) is 7.93. The molecule has 2 aliphatic rings. The van der Waals surface area contributed by atoms with Crippen LogP contribution in [-0.4, -0.2) is 41.2 Å². The van der Waals surface area contributed by atoms with Gasteiger partial charge >= 0.3 is 0 Å². The van der Waals surface area contributed by atoms with Crippen LogP contribution in [0, 0.1) is 0 Å². The lowest BCUT2D eigenvalue weighted by Crippen LogP contribution is -2.31. The number of thiophene rings is 2. The Morgan fingerprint density at radius 2 is 1.96 bits per heavy atom. The highest BCUT2D eigenvalue weighted by Gasteiger charge is 2.33. The molecule has 1 atom stereocenters. The van der Waals surface area contributed by atoms with Gasteiger partial charge in [-0.3, -0.25) is 4.79 Å². The van der Waals surface area contributed by atoms with Gasteiger partial charge in [-0.05, 0) is 65.1 Å². The molecule has 0 saturated carbocycles. The number of amides is 1. The largest absolute Gasteiger partial charge is 0.303 e. The summed E-state index contributed by atoms with van der Waals surface area (Å²) >= 11 is 3.35. The molecule has 1 saturated heterocycles. The number of carbonyl (C=O) groups is 1. The van der Waals surface area contributed by atoms with Crippen LogP contribution in [0.15, 0.2) is 38.8 Å². The maximum atomic E-state index is 12.8. The Hall–Kier alpha value is -1.50. The number of hydrogen-bond acceptors (Lipinski definition) is 5. The molecule has 1 unspecified atom stereocenters. The van der Waals surface area contributed by atoms with Crippen molar-refractivity contribution in [1.82, 2.24) is 9.91 Å². The van der Waals surface area contributed by atoms with Crippen LogP contribution in [0.4, 0.5) is 0 Å². The van der Waals surface area contributed by atoms with Crippen molar-refractivity contribution in [2.24, 2.45) is 5.10 Å². The number of carbonyl (C=O) groups excluding carboxylic acids is 1. The molecule has 0 radical (unpaired) electrons. The highest BCUT2D eigenvalue weighted by molar-refractivity contribution is 7.08. The van der Waals surface area contributed by atoms with E-state index < -0.39 is 0 Å². The van der Waals surface area contributed by atoms with Gasteiger partial charge in [-0.1, -0.05) is 0 Å². The summed E-state index contributed by atoms with van der Waals surface area (Å²) < 4.78 is 0. The number of hydrazone groups is 1. The Morgan fingerprint density at radius 1 is 1.17 bits per heavy atom. The van der Waals surface area contributed by atoms with E-state index in [1.165, 1.54) is 18.4 Å². The Kier molecular flexibility index (Phi) is 4.78. The molecule has 0 aromatic carbocycles. The average molecular weight is 360 g/mol. The quantitative estimate of drug-likeness (QED) is 0.810. The normalized spacial score (nSPS) is 21.4. The highest BCUT2D eigenvalue weighted by atomic mass is 32.1. The van der Waals surface area contributed by atoms with E-state index in [0.29, 0.717) is 6.42 Å². The fraction of sp³-hybridized carbons (Fsp3) is 0.444. The van der Waals surface area contributed by atoms with E-state index in [9.17, 15) is 4.79 Å². The molecule has 2 aliphatic heterocycles. The van der Waals surface area contributed by atoms with Gasteiger partial charge in [-0.2, -0.15) is 27.8 Å². The van der Waals surface area contributed by atoms with Crippen molar-refractivity contribution in [3.8, 4) is 0 Å². The second kappa shape index (κ2) is 7.17. The van der Waals surface area contributed by atoms with Crippen LogP contribution in [-0.2, 0) is 4.79 Å². The number of likely N-dealkylation sites (tertiary alicyclic amines) is 1. The molecule has 0 spiro atoms. The fourth-order valence-electron chi connectivity index (χ4n) is 3.44. The Morgan fingerprint density at radius 3 is 2.67 bits per heavy atom. The first-order valence-electron chi connectivity index (χ1n) is 8.48. The van der Waals surface area contributed by atoms with Crippen molar-refractivity contribution in [1.29, 1.82) is 0 Å². The predicted octanol–water partition coefficient (Wildman–Crippen LogP) is 3.97. The summed E-state index contributed by atoms with van der Waals surface area (Å²) in [7, 11) is 0. The van der Waals surface area contributed by atoms with Crippen LogP contribution in [0.2, 0.25) is 0 Å². The minimum atomic E-state index is 0.0530. The van der Waals surface area contributed by atoms with Crippen molar-refractivity contribution in [3.63, 3.8) is 0 Å². The lowest BCUT2D eigenvalue weighted by atomic mass is 10.0. The molecule has 0 aliphatic carbocycles. The maximum absolute atomic E-state index is 12.8. The molecule has 1 fully saturated rings. The zero-order valence-corrected chi connectivity index (χ0v) is 15.2. The second-order valence-electron chi connectivity index (χ2n) is 6.37. The van der Waals surface area contributed by atoms with Crippen LogP contribution < -0.4 is 0 Å². The molecule has 0 bridgehead atoms. The van der Waals surface area contributed by atoms with E-state index in [2.05, 4.69) is 38.6 Å². The standard InChI is InChI=1S/C18H21N3OS2/c22-18(3-8-20-6-1-2-7-20)21-17(15-5-10-24-13-15)11-16(19-21)14-4-9-23-12-14/h4-5,9-10,12-13,17H,1-3,6-8,11H2. The highest BCUT2D eigenvalue weighted by Crippen LogP contribution is 2.34. The molecule has 4 rings (SSSR count). The van der Waals surface area contributed by atoms with Gasteiger partial charge in [0.15, 0.2) is 0 Å². The van der Waals surface area contributed by atoms with Crippen molar-refractivity contribution in [3.05, 3.63) is 44.8 Å². The minimum absolute atomic E-state index is 0.0530. The van der Waals surface area contributed by atoms with Gasteiger partial charge < -0.3 is 4.90 Å². The summed E-state index contributed by atoms with van der Waals surface area (Å²) in [5, 5.41) is 14.8. The summed E-state index contributed by atoms with van der Waals surface area (Å²) in [6, 6.07) is 4.26. The van der Waals surface area contributed by atoms with E-state index in [-0.39, 0.29) is 11.9 Å². The predicted molar refractivity (Wildman–Crippen MR) is 99.7 cm³/mol. The van der Waals surface area contributed by atoms with Crippen molar-refractivity contribution in [2.75, 3.05) is 19.6 Å². The van der Waals surface area contributed by atoms with Crippen LogP contribution >= 0.6 is 22.7 Å². The average Bonchev–Trinajstić information content (AvgIpc) is 3.40. The van der Waals surface area contributed by atoms with Crippen molar-refractivity contribution >= 4 is 34.3 Å². The van der Waals surface area contributed by atoms with Gasteiger partial charge in [0.05, 0.1) is 11.8 Å². The zero-order valence-electron chi connectivity index (χ0n) is 13.6. The van der Waals surface area contributed by atoms with E-state index in [0.717, 1.165) is 37.3 Å². The van der Waals surface area contributed by atoms with E-state index in [4.69, 9.17) is 5.10 Å². The molecular formula is C18H21N3OS2. The number of rotatable bonds is 5. The number of nitrogens with zero attached hydrogens (tertiary/aromatic N) is 3. The molecule has 2 aromatic heterocycles. The fourth-order valence-corrected chi connectivity index (χ4v) is 4.81. The first-order chi connectivity index (χ1) is 11.8. The molecule has 126 valence electrons. The topological polar surface area (TPSA) is 35.9 Å². The van der Waals surface area contributed by atoms with Gasteiger partial charge in [-0.15, -0.1) is 0 Å². The molecule has 2 aromatic rings. The monoisotopic (exact) mass is 359 g/mol. The number of hydrogen-bond donors (Lipinski definition) is 0. The molecular weight excluding hydrogens is 338 g/mol. The smallest absolute Gasteiger partial charge is 0.244 e. The van der Waals surface area contributed by atoms with E-state index in [1.54, 1.807) is 27.7 Å². The first-order valence-corrected chi connectivity index (χ1v) is 10.4. The summed E-state index contributed by atoms with van der Waals surface area (Å²) in [6.07, 6.45) is 3.88. The summed E-state index contributed by atoms with van der Waals surface area (Å²) in [6.45, 7) is 3.12. The molecule has 1 amide bonds. The first kappa shape index (κ1) is 16.0. The van der Waals surface area contributed by atoms with Crippen LogP contribution in [0.5, 0.6) is 0 Å². The third kappa shape index (κ3) is 3.31. The van der Waals surface area contributed by atoms with Gasteiger partial charge in [0, 0.05) is 24.9 Å². The Labute approximate surface area is 150 Å². The lowest BCUT2D eigenvalue weighted by Gasteiger charge is -2.22. The summed E-state index contributed by atoms with van der Waals surface area (Å²) in [5.41, 5.74) is 3.38. The summed E-state index contributed by atoms with van der Waals surface area (Å²) in [4.78, 5) is 15.2. The third-order valence-corrected chi connectivity index (χ3v) is 6.17. The van der Waals surface area contributed by atoms with Gasteiger partial charge in [0.1, 0.15) is 0 Å². The molecule has 4 nitrogen and oxygen atoms in total. The molecule has 4 heterocycles. The summed E-state index contributed by atoms with van der Waals surface area (Å²) in [5.74, 6) is 0.142. The third-order valence-electron chi connectivity index (χ3n) is 4.79. The maximum Gasteiger partial charge on any atom is 0.244 e. The van der Waals surface area contributed by atoms with Gasteiger partial charge in [0.2, 0.25) is 5.91 Å². The molecule has 24 heavy (non-hydrogen) atoms. The Balaban J connectivity index is 1.50. The Bertz CT molecular complexity index is 703. The zero-order chi connectivity index (χ0) is 16.4.